The Labute approximate surface area is 114 Å². The van der Waals surface area contributed by atoms with Crippen LogP contribution in [0.3, 0.4) is 0 Å². The smallest absolute Gasteiger partial charge is 0.0678 e. The highest BCUT2D eigenvalue weighted by molar-refractivity contribution is 5.64. The summed E-state index contributed by atoms with van der Waals surface area (Å²) >= 11 is 0. The number of benzene rings is 2. The molecule has 3 rings (SSSR count). The van der Waals surface area contributed by atoms with Gasteiger partial charge in [0.2, 0.25) is 0 Å². The van der Waals surface area contributed by atoms with E-state index in [1.165, 1.54) is 22.4 Å². The molecule has 1 atom stereocenters. The van der Waals surface area contributed by atoms with E-state index in [0.717, 1.165) is 6.54 Å². The normalized spacial score (nSPS) is 21.5. The minimum absolute atomic E-state index is 0.0136. The number of hydrogen-bond acceptors (Lipinski definition) is 2. The van der Waals surface area contributed by atoms with Gasteiger partial charge < -0.3 is 0 Å². The molecule has 2 aromatic rings. The average molecular weight is 253 g/mol. The second-order valence-corrected chi connectivity index (χ2v) is 5.43. The molecule has 0 radical (unpaired) electrons. The number of hydroxylamine groups is 1. The summed E-state index contributed by atoms with van der Waals surface area (Å²) in [6.45, 7) is 5.26. The van der Waals surface area contributed by atoms with Crippen LogP contribution in [0.4, 0.5) is 5.69 Å². The zero-order chi connectivity index (χ0) is 13.5. The third-order valence-corrected chi connectivity index (χ3v) is 4.14. The van der Waals surface area contributed by atoms with Crippen LogP contribution in [0.2, 0.25) is 0 Å². The molecule has 1 unspecified atom stereocenters. The Morgan fingerprint density at radius 2 is 1.74 bits per heavy atom. The lowest BCUT2D eigenvalue weighted by Gasteiger charge is -2.26. The van der Waals surface area contributed by atoms with Gasteiger partial charge in [-0.25, -0.2) is 0 Å². The first kappa shape index (κ1) is 12.2. The van der Waals surface area contributed by atoms with E-state index in [0.29, 0.717) is 0 Å². The molecule has 1 aliphatic rings. The van der Waals surface area contributed by atoms with Gasteiger partial charge in [-0.15, -0.1) is 0 Å². The number of hydrogen-bond donors (Lipinski definition) is 0. The molecule has 0 saturated carbocycles. The van der Waals surface area contributed by atoms with Crippen molar-refractivity contribution in [1.29, 1.82) is 0 Å². The van der Waals surface area contributed by atoms with Gasteiger partial charge in [0.05, 0.1) is 19.3 Å². The molecule has 0 amide bonds. The standard InChI is InChI=1S/C17H19NO/c1-13-8-10-14(11-9-13)17(2)12-18(19-3)16-7-5-4-6-15(16)17/h4-11H,12H2,1-3H3. The van der Waals surface area contributed by atoms with Crippen molar-refractivity contribution in [2.24, 2.45) is 0 Å². The van der Waals surface area contributed by atoms with Gasteiger partial charge in [0.1, 0.15) is 0 Å². The third-order valence-electron chi connectivity index (χ3n) is 4.14. The Bertz CT molecular complexity index is 590. The monoisotopic (exact) mass is 253 g/mol. The molecule has 0 bridgehead atoms. The Morgan fingerprint density at radius 1 is 1.05 bits per heavy atom. The van der Waals surface area contributed by atoms with Crippen LogP contribution in [0.25, 0.3) is 0 Å². The van der Waals surface area contributed by atoms with E-state index < -0.39 is 0 Å². The molecule has 0 aromatic heterocycles. The second kappa shape index (κ2) is 4.39. The van der Waals surface area contributed by atoms with E-state index in [-0.39, 0.29) is 5.41 Å². The van der Waals surface area contributed by atoms with Crippen molar-refractivity contribution in [1.82, 2.24) is 0 Å². The highest BCUT2D eigenvalue weighted by atomic mass is 16.7. The Kier molecular flexibility index (Phi) is 2.83. The lowest BCUT2D eigenvalue weighted by Crippen LogP contribution is -2.31. The molecule has 2 heteroatoms. The summed E-state index contributed by atoms with van der Waals surface area (Å²) in [5.41, 5.74) is 5.13. The lowest BCUT2D eigenvalue weighted by atomic mass is 9.78. The molecule has 98 valence electrons. The van der Waals surface area contributed by atoms with Gasteiger partial charge in [0.15, 0.2) is 0 Å². The van der Waals surface area contributed by atoms with Gasteiger partial charge >= 0.3 is 0 Å². The fourth-order valence-electron chi connectivity index (χ4n) is 2.95. The van der Waals surface area contributed by atoms with E-state index in [9.17, 15) is 0 Å². The van der Waals surface area contributed by atoms with Gasteiger partial charge in [-0.1, -0.05) is 48.0 Å². The highest BCUT2D eigenvalue weighted by Gasteiger charge is 2.40. The van der Waals surface area contributed by atoms with Crippen LogP contribution in [-0.4, -0.2) is 13.7 Å². The van der Waals surface area contributed by atoms with Crippen LogP contribution in [0, 0.1) is 6.92 Å². The lowest BCUT2D eigenvalue weighted by molar-refractivity contribution is 0.165. The van der Waals surface area contributed by atoms with E-state index in [1.54, 1.807) is 7.11 Å². The van der Waals surface area contributed by atoms with Crippen LogP contribution in [-0.2, 0) is 10.3 Å². The highest BCUT2D eigenvalue weighted by Crippen LogP contribution is 2.44. The van der Waals surface area contributed by atoms with Crippen molar-refractivity contribution in [3.63, 3.8) is 0 Å². The number of aryl methyl sites for hydroxylation is 1. The molecule has 0 saturated heterocycles. The summed E-state index contributed by atoms with van der Waals surface area (Å²) in [5, 5.41) is 1.98. The molecule has 2 nitrogen and oxygen atoms in total. The predicted octanol–water partition coefficient (Wildman–Crippen LogP) is 3.68. The summed E-state index contributed by atoms with van der Waals surface area (Å²) in [4.78, 5) is 5.51. The molecule has 2 aromatic carbocycles. The maximum absolute atomic E-state index is 5.51. The van der Waals surface area contributed by atoms with Gasteiger partial charge in [-0.05, 0) is 31.0 Å². The molecule has 0 aliphatic carbocycles. The van der Waals surface area contributed by atoms with Gasteiger partial charge in [-0.3, -0.25) is 9.90 Å². The van der Waals surface area contributed by atoms with E-state index in [1.807, 2.05) is 5.06 Å². The van der Waals surface area contributed by atoms with Crippen LogP contribution in [0.1, 0.15) is 23.6 Å². The molecule has 19 heavy (non-hydrogen) atoms. The molecule has 1 heterocycles. The number of nitrogens with zero attached hydrogens (tertiary/aromatic N) is 1. The first-order chi connectivity index (χ1) is 9.15. The summed E-state index contributed by atoms with van der Waals surface area (Å²) in [5.74, 6) is 0. The topological polar surface area (TPSA) is 12.5 Å². The number of fused-ring (bicyclic) bond motifs is 1. The van der Waals surface area contributed by atoms with Crippen molar-refractivity contribution < 1.29 is 4.84 Å². The summed E-state index contributed by atoms with van der Waals surface area (Å²) in [6, 6.07) is 17.3. The quantitative estimate of drug-likeness (QED) is 0.809. The summed E-state index contributed by atoms with van der Waals surface area (Å²) in [7, 11) is 1.73. The third kappa shape index (κ3) is 1.83. The summed E-state index contributed by atoms with van der Waals surface area (Å²) in [6.07, 6.45) is 0. The van der Waals surface area contributed by atoms with Crippen molar-refractivity contribution in [3.8, 4) is 0 Å². The molecular weight excluding hydrogens is 234 g/mol. The maximum atomic E-state index is 5.51. The Balaban J connectivity index is 2.13. The Hall–Kier alpha value is -1.80. The SMILES string of the molecule is CON1CC(C)(c2ccc(C)cc2)c2ccccc21. The fraction of sp³-hybridized carbons (Fsp3) is 0.294. The van der Waals surface area contributed by atoms with Gasteiger partial charge in [0, 0.05) is 5.41 Å². The minimum Gasteiger partial charge on any atom is -0.277 e. The van der Waals surface area contributed by atoms with Crippen LogP contribution in [0.15, 0.2) is 48.5 Å². The first-order valence-electron chi connectivity index (χ1n) is 6.63. The zero-order valence-corrected chi connectivity index (χ0v) is 11.7. The summed E-state index contributed by atoms with van der Waals surface area (Å²) < 4.78 is 0. The van der Waals surface area contributed by atoms with Crippen molar-refractivity contribution in [2.45, 2.75) is 19.3 Å². The average Bonchev–Trinajstić information content (AvgIpc) is 2.74. The molecule has 0 fully saturated rings. The van der Waals surface area contributed by atoms with Crippen LogP contribution >= 0.6 is 0 Å². The van der Waals surface area contributed by atoms with Gasteiger partial charge in [0.25, 0.3) is 0 Å². The number of para-hydroxylation sites is 1. The van der Waals surface area contributed by atoms with Gasteiger partial charge in [-0.2, -0.15) is 0 Å². The maximum Gasteiger partial charge on any atom is 0.0678 e. The van der Waals surface area contributed by atoms with Crippen LogP contribution < -0.4 is 5.06 Å². The van der Waals surface area contributed by atoms with Crippen molar-refractivity contribution >= 4 is 5.69 Å². The fourth-order valence-corrected chi connectivity index (χ4v) is 2.95. The van der Waals surface area contributed by atoms with Crippen LogP contribution in [0.5, 0.6) is 0 Å². The zero-order valence-electron chi connectivity index (χ0n) is 11.7. The number of anilines is 1. The largest absolute Gasteiger partial charge is 0.277 e. The number of rotatable bonds is 2. The van der Waals surface area contributed by atoms with Crippen molar-refractivity contribution in [2.75, 3.05) is 18.7 Å². The first-order valence-corrected chi connectivity index (χ1v) is 6.63. The second-order valence-electron chi connectivity index (χ2n) is 5.43. The molecule has 0 N–H and O–H groups in total. The minimum atomic E-state index is -0.0136. The molecular formula is C17H19NO. The van der Waals surface area contributed by atoms with E-state index in [2.05, 4.69) is 62.4 Å². The van der Waals surface area contributed by atoms with E-state index >= 15 is 0 Å². The Morgan fingerprint density at radius 3 is 2.42 bits per heavy atom. The molecule has 0 spiro atoms. The predicted molar refractivity (Wildman–Crippen MR) is 78.4 cm³/mol. The van der Waals surface area contributed by atoms with E-state index in [4.69, 9.17) is 4.84 Å². The molecule has 1 aliphatic heterocycles. The van der Waals surface area contributed by atoms with Crippen molar-refractivity contribution in [3.05, 3.63) is 65.2 Å².